The molecule has 0 fully saturated rings. The molecule has 0 aliphatic heterocycles. The van der Waals surface area contributed by atoms with Crippen LogP contribution >= 0.6 is 0 Å². The second kappa shape index (κ2) is 6.33. The second-order valence-electron chi connectivity index (χ2n) is 4.75. The Kier molecular flexibility index (Phi) is 4.07. The molecule has 1 heterocycles. The number of nitrogens with one attached hydrogen (secondary N) is 1. The fourth-order valence-corrected chi connectivity index (χ4v) is 2.22. The molecule has 0 amide bonds. The molecule has 3 rings (SSSR count). The number of hydrogen-bond donors (Lipinski definition) is 1. The van der Waals surface area contributed by atoms with E-state index in [0.717, 1.165) is 11.3 Å². The molecule has 0 atom stereocenters. The van der Waals surface area contributed by atoms with Crippen molar-refractivity contribution in [2.45, 2.75) is 0 Å². The van der Waals surface area contributed by atoms with E-state index in [9.17, 15) is 0 Å². The van der Waals surface area contributed by atoms with Crippen molar-refractivity contribution in [2.24, 2.45) is 0 Å². The van der Waals surface area contributed by atoms with Gasteiger partial charge in [-0.1, -0.05) is 36.4 Å². The maximum absolute atomic E-state index is 5.01. The van der Waals surface area contributed by atoms with Gasteiger partial charge in [-0.2, -0.15) is 0 Å². The average molecular weight is 279 g/mol. The number of methoxy groups -OCH3 is 1. The number of ether oxygens (including phenoxy) is 1. The number of fused-ring (bicyclic) bond motifs is 1. The van der Waals surface area contributed by atoms with E-state index in [2.05, 4.69) is 45.6 Å². The largest absolute Gasteiger partial charge is 0.383 e. The summed E-state index contributed by atoms with van der Waals surface area (Å²) in [5, 5.41) is 5.59. The fraction of sp³-hybridized carbons (Fsp3) is 0.176. The molecule has 21 heavy (non-hydrogen) atoms. The van der Waals surface area contributed by atoms with E-state index in [1.54, 1.807) is 13.3 Å². The van der Waals surface area contributed by atoms with Crippen LogP contribution < -0.4 is 5.32 Å². The Bertz CT molecular complexity index is 743. The Labute approximate surface area is 123 Å². The monoisotopic (exact) mass is 279 g/mol. The van der Waals surface area contributed by atoms with Gasteiger partial charge in [-0.05, 0) is 22.9 Å². The number of anilines is 1. The first-order valence-corrected chi connectivity index (χ1v) is 6.92. The van der Waals surface area contributed by atoms with Gasteiger partial charge in [-0.15, -0.1) is 0 Å². The molecule has 0 saturated carbocycles. The number of rotatable bonds is 5. The van der Waals surface area contributed by atoms with E-state index in [0.29, 0.717) is 19.1 Å². The summed E-state index contributed by atoms with van der Waals surface area (Å²) in [6, 6.07) is 16.6. The molecule has 4 nitrogen and oxygen atoms in total. The number of aromatic nitrogens is 2. The molecule has 0 aliphatic rings. The lowest BCUT2D eigenvalue weighted by atomic mass is 10.1. The van der Waals surface area contributed by atoms with Crippen molar-refractivity contribution in [1.82, 2.24) is 9.97 Å². The summed E-state index contributed by atoms with van der Waals surface area (Å²) in [6.45, 7) is 1.32. The molecule has 1 N–H and O–H groups in total. The molecule has 0 saturated heterocycles. The van der Waals surface area contributed by atoms with Gasteiger partial charge < -0.3 is 10.1 Å². The highest BCUT2D eigenvalue weighted by atomic mass is 16.5. The maximum atomic E-state index is 5.01. The third-order valence-corrected chi connectivity index (χ3v) is 3.29. The highest BCUT2D eigenvalue weighted by Crippen LogP contribution is 2.23. The normalized spacial score (nSPS) is 10.7. The third-order valence-electron chi connectivity index (χ3n) is 3.29. The Morgan fingerprint density at radius 1 is 1.05 bits per heavy atom. The van der Waals surface area contributed by atoms with Crippen molar-refractivity contribution in [2.75, 3.05) is 25.6 Å². The van der Waals surface area contributed by atoms with E-state index in [1.807, 2.05) is 18.2 Å². The predicted octanol–water partition coefficient (Wildman–Crippen LogP) is 3.36. The van der Waals surface area contributed by atoms with Crippen LogP contribution in [-0.2, 0) is 4.74 Å². The van der Waals surface area contributed by atoms with Gasteiger partial charge in [0, 0.05) is 25.4 Å². The molecule has 4 heteroatoms. The summed E-state index contributed by atoms with van der Waals surface area (Å²) < 4.78 is 5.01. The van der Waals surface area contributed by atoms with Crippen LogP contribution in [0.5, 0.6) is 0 Å². The maximum Gasteiger partial charge on any atom is 0.223 e. The summed E-state index contributed by atoms with van der Waals surface area (Å²) in [7, 11) is 1.67. The van der Waals surface area contributed by atoms with E-state index in [1.165, 1.54) is 10.8 Å². The lowest BCUT2D eigenvalue weighted by Gasteiger charge is -2.07. The zero-order chi connectivity index (χ0) is 14.5. The zero-order valence-electron chi connectivity index (χ0n) is 11.9. The molecule has 0 spiro atoms. The van der Waals surface area contributed by atoms with Crippen LogP contribution in [0.4, 0.5) is 5.95 Å². The third kappa shape index (κ3) is 3.17. The standard InChI is InChI=1S/C17H17N3O/c1-21-11-10-19-17-18-9-8-16(20-17)15-7-6-13-4-2-3-5-14(13)12-15/h2-9,12H,10-11H2,1H3,(H,18,19,20). The molecule has 0 radical (unpaired) electrons. The van der Waals surface area contributed by atoms with Gasteiger partial charge in [0.2, 0.25) is 5.95 Å². The van der Waals surface area contributed by atoms with Crippen LogP contribution in [0.15, 0.2) is 54.7 Å². The molecule has 3 aromatic rings. The van der Waals surface area contributed by atoms with Gasteiger partial charge in [-0.25, -0.2) is 9.97 Å². The number of nitrogens with zero attached hydrogens (tertiary/aromatic N) is 2. The molecule has 2 aromatic carbocycles. The highest BCUT2D eigenvalue weighted by Gasteiger charge is 2.03. The first kappa shape index (κ1) is 13.5. The zero-order valence-corrected chi connectivity index (χ0v) is 11.9. The lowest BCUT2D eigenvalue weighted by Crippen LogP contribution is -2.10. The summed E-state index contributed by atoms with van der Waals surface area (Å²) in [6.07, 6.45) is 1.77. The fourth-order valence-electron chi connectivity index (χ4n) is 2.22. The van der Waals surface area contributed by atoms with Crippen LogP contribution in [0.3, 0.4) is 0 Å². The van der Waals surface area contributed by atoms with Crippen LogP contribution in [-0.4, -0.2) is 30.2 Å². The second-order valence-corrected chi connectivity index (χ2v) is 4.75. The van der Waals surface area contributed by atoms with E-state index in [4.69, 9.17) is 4.74 Å². The van der Waals surface area contributed by atoms with Crippen LogP contribution in [0, 0.1) is 0 Å². The van der Waals surface area contributed by atoms with Crippen LogP contribution in [0.1, 0.15) is 0 Å². The predicted molar refractivity (Wildman–Crippen MR) is 85.3 cm³/mol. The molecule has 0 bridgehead atoms. The summed E-state index contributed by atoms with van der Waals surface area (Å²) in [5.41, 5.74) is 2.00. The summed E-state index contributed by atoms with van der Waals surface area (Å²) >= 11 is 0. The van der Waals surface area contributed by atoms with Gasteiger partial charge in [0.25, 0.3) is 0 Å². The molecule has 0 aliphatic carbocycles. The minimum absolute atomic E-state index is 0.623. The number of hydrogen-bond acceptors (Lipinski definition) is 4. The Morgan fingerprint density at radius 2 is 1.90 bits per heavy atom. The van der Waals surface area contributed by atoms with E-state index in [-0.39, 0.29) is 0 Å². The highest BCUT2D eigenvalue weighted by molar-refractivity contribution is 5.86. The minimum Gasteiger partial charge on any atom is -0.383 e. The Morgan fingerprint density at radius 3 is 2.76 bits per heavy atom. The topological polar surface area (TPSA) is 47.0 Å². The van der Waals surface area contributed by atoms with Crippen molar-refractivity contribution in [3.63, 3.8) is 0 Å². The number of benzene rings is 2. The van der Waals surface area contributed by atoms with Crippen molar-refractivity contribution in [1.29, 1.82) is 0 Å². The Balaban J connectivity index is 1.89. The van der Waals surface area contributed by atoms with Gasteiger partial charge in [0.1, 0.15) is 0 Å². The quantitative estimate of drug-likeness (QED) is 0.727. The smallest absolute Gasteiger partial charge is 0.223 e. The summed E-state index contributed by atoms with van der Waals surface area (Å²) in [4.78, 5) is 8.77. The van der Waals surface area contributed by atoms with Crippen molar-refractivity contribution >= 4 is 16.7 Å². The van der Waals surface area contributed by atoms with Gasteiger partial charge >= 0.3 is 0 Å². The molecular weight excluding hydrogens is 262 g/mol. The minimum atomic E-state index is 0.623. The van der Waals surface area contributed by atoms with Crippen LogP contribution in [0.2, 0.25) is 0 Å². The van der Waals surface area contributed by atoms with Gasteiger partial charge in [0.15, 0.2) is 0 Å². The van der Waals surface area contributed by atoms with Crippen LogP contribution in [0.25, 0.3) is 22.0 Å². The molecule has 0 unspecified atom stereocenters. The Hall–Kier alpha value is -2.46. The van der Waals surface area contributed by atoms with Gasteiger partial charge in [0.05, 0.1) is 12.3 Å². The van der Waals surface area contributed by atoms with Crippen molar-refractivity contribution < 1.29 is 4.74 Å². The first-order chi connectivity index (χ1) is 10.4. The van der Waals surface area contributed by atoms with E-state index < -0.39 is 0 Å². The van der Waals surface area contributed by atoms with E-state index >= 15 is 0 Å². The lowest BCUT2D eigenvalue weighted by molar-refractivity contribution is 0.210. The average Bonchev–Trinajstić information content (AvgIpc) is 2.55. The van der Waals surface area contributed by atoms with Crippen molar-refractivity contribution in [3.8, 4) is 11.3 Å². The first-order valence-electron chi connectivity index (χ1n) is 6.92. The molecule has 106 valence electrons. The SMILES string of the molecule is COCCNc1nccc(-c2ccc3ccccc3c2)n1. The summed E-state index contributed by atoms with van der Waals surface area (Å²) in [5.74, 6) is 0.623. The molecular formula is C17H17N3O. The van der Waals surface area contributed by atoms with Gasteiger partial charge in [-0.3, -0.25) is 0 Å². The molecule has 1 aromatic heterocycles. The van der Waals surface area contributed by atoms with Crippen molar-refractivity contribution in [3.05, 3.63) is 54.7 Å².